The summed E-state index contributed by atoms with van der Waals surface area (Å²) in [4.78, 5) is 11.9. The van der Waals surface area contributed by atoms with Gasteiger partial charge < -0.3 is 9.84 Å². The van der Waals surface area contributed by atoms with Gasteiger partial charge in [-0.15, -0.1) is 0 Å². The molecule has 1 saturated carbocycles. The number of methoxy groups -OCH3 is 1. The van der Waals surface area contributed by atoms with E-state index in [4.69, 9.17) is 4.74 Å². The number of hydrogen-bond donors (Lipinski definition) is 1. The Hall–Kier alpha value is -0.570. The highest BCUT2D eigenvalue weighted by Gasteiger charge is 2.43. The lowest BCUT2D eigenvalue weighted by molar-refractivity contribution is -0.157. The van der Waals surface area contributed by atoms with Gasteiger partial charge in [0.1, 0.15) is 0 Å². The van der Waals surface area contributed by atoms with Crippen LogP contribution in [0, 0.1) is 17.3 Å². The molecule has 1 aliphatic rings. The SMILES string of the molecule is CCC(C(=O)OC)C1(O)CCCC(C(C)(C)C)CC1. The highest BCUT2D eigenvalue weighted by atomic mass is 16.5. The molecule has 0 heterocycles. The molecule has 3 unspecified atom stereocenters. The van der Waals surface area contributed by atoms with Crippen molar-refractivity contribution in [3.63, 3.8) is 0 Å². The van der Waals surface area contributed by atoms with Gasteiger partial charge in [0.2, 0.25) is 0 Å². The largest absolute Gasteiger partial charge is 0.469 e. The average Bonchev–Trinajstić information content (AvgIpc) is 2.52. The molecular weight excluding hydrogens is 240 g/mol. The van der Waals surface area contributed by atoms with Gasteiger partial charge in [-0.2, -0.15) is 0 Å². The van der Waals surface area contributed by atoms with Crippen molar-refractivity contribution < 1.29 is 14.6 Å². The van der Waals surface area contributed by atoms with Crippen molar-refractivity contribution in [1.29, 1.82) is 0 Å². The Morgan fingerprint density at radius 2 is 2.00 bits per heavy atom. The first-order chi connectivity index (χ1) is 8.74. The highest BCUT2D eigenvalue weighted by Crippen LogP contribution is 2.42. The number of carbonyl (C=O) groups excluding carboxylic acids is 1. The molecule has 0 spiro atoms. The summed E-state index contributed by atoms with van der Waals surface area (Å²) in [7, 11) is 1.41. The minimum atomic E-state index is -0.873. The molecule has 0 aliphatic heterocycles. The third-order valence-corrected chi connectivity index (χ3v) is 4.86. The van der Waals surface area contributed by atoms with Gasteiger partial charge in [0, 0.05) is 0 Å². The van der Waals surface area contributed by atoms with Crippen molar-refractivity contribution in [2.75, 3.05) is 7.11 Å². The second-order valence-electron chi connectivity index (χ2n) is 7.08. The molecule has 112 valence electrons. The lowest BCUT2D eigenvalue weighted by Crippen LogP contribution is -2.42. The van der Waals surface area contributed by atoms with Crippen molar-refractivity contribution >= 4 is 5.97 Å². The second-order valence-corrected chi connectivity index (χ2v) is 7.08. The molecule has 0 amide bonds. The Bertz CT molecular complexity index is 306. The van der Waals surface area contributed by atoms with Crippen LogP contribution in [-0.4, -0.2) is 23.8 Å². The number of ether oxygens (including phenoxy) is 1. The fourth-order valence-corrected chi connectivity index (χ4v) is 3.47. The van der Waals surface area contributed by atoms with Crippen LogP contribution < -0.4 is 0 Å². The smallest absolute Gasteiger partial charge is 0.311 e. The molecule has 0 saturated heterocycles. The van der Waals surface area contributed by atoms with Gasteiger partial charge >= 0.3 is 5.97 Å². The number of rotatable bonds is 3. The average molecular weight is 270 g/mol. The monoisotopic (exact) mass is 270 g/mol. The molecule has 3 nitrogen and oxygen atoms in total. The summed E-state index contributed by atoms with van der Waals surface area (Å²) in [6.07, 6.45) is 5.20. The van der Waals surface area contributed by atoms with Crippen LogP contribution in [0.1, 0.15) is 66.2 Å². The molecule has 3 heteroatoms. The predicted octanol–water partition coefficient (Wildman–Crippen LogP) is 3.54. The molecular formula is C16H30O3. The van der Waals surface area contributed by atoms with E-state index < -0.39 is 5.60 Å². The standard InChI is InChI=1S/C16H30O3/c1-6-13(14(17)19-5)16(18)10-7-8-12(9-11-16)15(2,3)4/h12-13,18H,6-11H2,1-5H3. The lowest BCUT2D eigenvalue weighted by atomic mass is 9.75. The van der Waals surface area contributed by atoms with E-state index in [0.29, 0.717) is 25.2 Å². The highest BCUT2D eigenvalue weighted by molar-refractivity contribution is 5.73. The van der Waals surface area contributed by atoms with Crippen LogP contribution in [0.15, 0.2) is 0 Å². The van der Waals surface area contributed by atoms with E-state index in [1.54, 1.807) is 0 Å². The molecule has 1 rings (SSSR count). The predicted molar refractivity (Wildman–Crippen MR) is 76.8 cm³/mol. The number of esters is 1. The van der Waals surface area contributed by atoms with Crippen LogP contribution in [-0.2, 0) is 9.53 Å². The molecule has 0 aromatic rings. The zero-order valence-corrected chi connectivity index (χ0v) is 13.2. The number of hydrogen-bond acceptors (Lipinski definition) is 3. The number of carbonyl (C=O) groups is 1. The van der Waals surface area contributed by atoms with Crippen LogP contribution >= 0.6 is 0 Å². The Balaban J connectivity index is 2.81. The van der Waals surface area contributed by atoms with Gasteiger partial charge in [0.05, 0.1) is 18.6 Å². The second kappa shape index (κ2) is 6.25. The molecule has 1 fully saturated rings. The van der Waals surface area contributed by atoms with Crippen LogP contribution in [0.3, 0.4) is 0 Å². The fraction of sp³-hybridized carbons (Fsp3) is 0.938. The molecule has 19 heavy (non-hydrogen) atoms. The summed E-state index contributed by atoms with van der Waals surface area (Å²) < 4.78 is 4.86. The van der Waals surface area contributed by atoms with E-state index in [1.165, 1.54) is 7.11 Å². The molecule has 0 aromatic carbocycles. The Morgan fingerprint density at radius 1 is 1.37 bits per heavy atom. The third kappa shape index (κ3) is 3.95. The Kier molecular flexibility index (Phi) is 5.43. The number of aliphatic hydroxyl groups is 1. The zero-order chi connectivity index (χ0) is 14.7. The first-order valence-electron chi connectivity index (χ1n) is 7.55. The fourth-order valence-electron chi connectivity index (χ4n) is 3.47. The summed E-state index contributed by atoms with van der Waals surface area (Å²) >= 11 is 0. The van der Waals surface area contributed by atoms with Crippen molar-refractivity contribution in [1.82, 2.24) is 0 Å². The van der Waals surface area contributed by atoms with Gasteiger partial charge in [-0.25, -0.2) is 0 Å². The molecule has 0 bridgehead atoms. The summed E-state index contributed by atoms with van der Waals surface area (Å²) in [5, 5.41) is 10.9. The minimum absolute atomic E-state index is 0.265. The quantitative estimate of drug-likeness (QED) is 0.630. The maximum Gasteiger partial charge on any atom is 0.311 e. The van der Waals surface area contributed by atoms with E-state index in [9.17, 15) is 9.90 Å². The first-order valence-corrected chi connectivity index (χ1v) is 7.55. The van der Waals surface area contributed by atoms with E-state index in [-0.39, 0.29) is 17.3 Å². The summed E-state index contributed by atoms with van der Waals surface area (Å²) in [6, 6.07) is 0. The maximum atomic E-state index is 11.9. The van der Waals surface area contributed by atoms with E-state index in [2.05, 4.69) is 20.8 Å². The van der Waals surface area contributed by atoms with E-state index >= 15 is 0 Å². The van der Waals surface area contributed by atoms with Gasteiger partial charge in [-0.1, -0.05) is 34.1 Å². The minimum Gasteiger partial charge on any atom is -0.469 e. The topological polar surface area (TPSA) is 46.5 Å². The van der Waals surface area contributed by atoms with E-state index in [1.807, 2.05) is 6.92 Å². The Labute approximate surface area is 117 Å². The van der Waals surface area contributed by atoms with Gasteiger partial charge in [-0.3, -0.25) is 4.79 Å². The molecule has 1 aliphatic carbocycles. The molecule has 0 aromatic heterocycles. The summed E-state index contributed by atoms with van der Waals surface area (Å²) in [6.45, 7) is 8.74. The van der Waals surface area contributed by atoms with Crippen molar-refractivity contribution in [3.05, 3.63) is 0 Å². The van der Waals surface area contributed by atoms with Crippen LogP contribution in [0.4, 0.5) is 0 Å². The first kappa shape index (κ1) is 16.5. The van der Waals surface area contributed by atoms with E-state index in [0.717, 1.165) is 19.3 Å². The van der Waals surface area contributed by atoms with Gasteiger partial charge in [0.15, 0.2) is 0 Å². The van der Waals surface area contributed by atoms with Crippen LogP contribution in [0.25, 0.3) is 0 Å². The summed E-state index contributed by atoms with van der Waals surface area (Å²) in [5.74, 6) is -0.0212. The lowest BCUT2D eigenvalue weighted by Gasteiger charge is -2.34. The summed E-state index contributed by atoms with van der Waals surface area (Å²) in [5.41, 5.74) is -0.597. The van der Waals surface area contributed by atoms with Crippen molar-refractivity contribution in [2.45, 2.75) is 71.8 Å². The van der Waals surface area contributed by atoms with Crippen molar-refractivity contribution in [2.24, 2.45) is 17.3 Å². The zero-order valence-electron chi connectivity index (χ0n) is 13.2. The maximum absolute atomic E-state index is 11.9. The third-order valence-electron chi connectivity index (χ3n) is 4.86. The molecule has 1 N–H and O–H groups in total. The normalized spacial score (nSPS) is 30.5. The van der Waals surface area contributed by atoms with Crippen LogP contribution in [0.2, 0.25) is 0 Å². The molecule has 0 radical (unpaired) electrons. The molecule has 3 atom stereocenters. The Morgan fingerprint density at radius 3 is 2.47 bits per heavy atom. The van der Waals surface area contributed by atoms with Gasteiger partial charge in [-0.05, 0) is 43.4 Å². The van der Waals surface area contributed by atoms with Crippen molar-refractivity contribution in [3.8, 4) is 0 Å². The van der Waals surface area contributed by atoms with Gasteiger partial charge in [0.25, 0.3) is 0 Å². The van der Waals surface area contributed by atoms with Crippen LogP contribution in [0.5, 0.6) is 0 Å².